The van der Waals surface area contributed by atoms with Crippen molar-refractivity contribution < 1.29 is 22.8 Å². The van der Waals surface area contributed by atoms with Gasteiger partial charge in [-0.1, -0.05) is 12.8 Å². The van der Waals surface area contributed by atoms with E-state index >= 15 is 0 Å². The third-order valence-electron chi connectivity index (χ3n) is 3.45. The predicted molar refractivity (Wildman–Crippen MR) is 76.2 cm³/mol. The molecule has 5 nitrogen and oxygen atoms in total. The SMILES string of the molecule is CC(C)(C)NC(=O)NC(=O)CN[C@@H]1CCCC[C@@H]1C(F)(F)F. The van der Waals surface area contributed by atoms with Gasteiger partial charge in [-0.15, -0.1) is 0 Å². The largest absolute Gasteiger partial charge is 0.393 e. The number of halogens is 3. The molecule has 0 radical (unpaired) electrons. The number of alkyl halides is 3. The molecule has 3 amide bonds. The Morgan fingerprint density at radius 2 is 1.68 bits per heavy atom. The van der Waals surface area contributed by atoms with Crippen LogP contribution in [0.4, 0.5) is 18.0 Å². The van der Waals surface area contributed by atoms with Crippen molar-refractivity contribution in [2.45, 2.75) is 64.2 Å². The Balaban J connectivity index is 2.44. The summed E-state index contributed by atoms with van der Waals surface area (Å²) in [6.45, 7) is 4.95. The first kappa shape index (κ1) is 18.7. The van der Waals surface area contributed by atoms with Crippen molar-refractivity contribution in [3.05, 3.63) is 0 Å². The van der Waals surface area contributed by atoms with E-state index in [-0.39, 0.29) is 13.0 Å². The second-order valence-electron chi connectivity index (χ2n) is 6.67. The van der Waals surface area contributed by atoms with Crippen LogP contribution in [0.2, 0.25) is 0 Å². The standard InChI is InChI=1S/C14H24F3N3O2/c1-13(2,3)20-12(22)19-11(21)8-18-10-7-5-4-6-9(10)14(15,16)17/h9-10,18H,4-8H2,1-3H3,(H2,19,20,21,22)/t9-,10+/m0/s1. The van der Waals surface area contributed by atoms with E-state index in [9.17, 15) is 22.8 Å². The highest BCUT2D eigenvalue weighted by Crippen LogP contribution is 2.37. The molecule has 1 saturated carbocycles. The van der Waals surface area contributed by atoms with E-state index in [1.807, 2.05) is 0 Å². The third kappa shape index (κ3) is 6.64. The predicted octanol–water partition coefficient (Wildman–Crippen LogP) is 2.32. The molecule has 0 unspecified atom stereocenters. The van der Waals surface area contributed by atoms with Gasteiger partial charge in [-0.05, 0) is 33.6 Å². The van der Waals surface area contributed by atoms with Crippen molar-refractivity contribution in [2.24, 2.45) is 5.92 Å². The van der Waals surface area contributed by atoms with E-state index in [0.717, 1.165) is 0 Å². The number of rotatable bonds is 3. The van der Waals surface area contributed by atoms with Gasteiger partial charge in [-0.3, -0.25) is 10.1 Å². The second-order valence-corrected chi connectivity index (χ2v) is 6.67. The molecule has 0 bridgehead atoms. The van der Waals surface area contributed by atoms with Gasteiger partial charge in [0.05, 0.1) is 12.5 Å². The summed E-state index contributed by atoms with van der Waals surface area (Å²) in [6, 6.07) is -1.43. The first-order chi connectivity index (χ1) is 9.99. The summed E-state index contributed by atoms with van der Waals surface area (Å²) in [5.74, 6) is -2.08. The molecule has 0 aromatic heterocycles. The maximum Gasteiger partial charge on any atom is 0.393 e. The lowest BCUT2D eigenvalue weighted by molar-refractivity contribution is -0.189. The number of nitrogens with one attached hydrogen (secondary N) is 3. The van der Waals surface area contributed by atoms with Crippen molar-refractivity contribution in [3.8, 4) is 0 Å². The zero-order valence-corrected chi connectivity index (χ0v) is 13.1. The molecule has 8 heteroatoms. The van der Waals surface area contributed by atoms with E-state index in [0.29, 0.717) is 19.3 Å². The zero-order valence-electron chi connectivity index (χ0n) is 13.1. The molecule has 0 spiro atoms. The maximum atomic E-state index is 12.9. The molecule has 0 heterocycles. The first-order valence-corrected chi connectivity index (χ1v) is 7.41. The lowest BCUT2D eigenvalue weighted by atomic mass is 9.84. The molecular weight excluding hydrogens is 299 g/mol. The molecule has 0 aliphatic heterocycles. The van der Waals surface area contributed by atoms with Gasteiger partial charge in [0.15, 0.2) is 0 Å². The highest BCUT2D eigenvalue weighted by molar-refractivity contribution is 5.95. The molecule has 1 aliphatic rings. The van der Waals surface area contributed by atoms with E-state index in [1.165, 1.54) is 0 Å². The van der Waals surface area contributed by atoms with Crippen molar-refractivity contribution in [1.82, 2.24) is 16.0 Å². The summed E-state index contributed by atoms with van der Waals surface area (Å²) in [4.78, 5) is 23.1. The minimum Gasteiger partial charge on any atom is -0.333 e. The minimum atomic E-state index is -4.27. The number of hydrogen-bond acceptors (Lipinski definition) is 3. The van der Waals surface area contributed by atoms with Gasteiger partial charge in [0.25, 0.3) is 0 Å². The second kappa shape index (κ2) is 7.30. The van der Waals surface area contributed by atoms with Crippen LogP contribution < -0.4 is 16.0 Å². The summed E-state index contributed by atoms with van der Waals surface area (Å²) in [5.41, 5.74) is -0.497. The van der Waals surface area contributed by atoms with Crippen LogP contribution in [-0.2, 0) is 4.79 Å². The quantitative estimate of drug-likeness (QED) is 0.746. The lowest BCUT2D eigenvalue weighted by Crippen LogP contribution is -2.52. The van der Waals surface area contributed by atoms with Gasteiger partial charge < -0.3 is 10.6 Å². The average Bonchev–Trinajstić information content (AvgIpc) is 2.33. The van der Waals surface area contributed by atoms with E-state index in [1.54, 1.807) is 20.8 Å². The fourth-order valence-corrected chi connectivity index (χ4v) is 2.53. The average molecular weight is 323 g/mol. The molecular formula is C14H24F3N3O2. The van der Waals surface area contributed by atoms with E-state index in [4.69, 9.17) is 0 Å². The Labute approximate surface area is 128 Å². The molecule has 128 valence electrons. The Hall–Kier alpha value is -1.31. The number of carbonyl (C=O) groups is 2. The Morgan fingerprint density at radius 1 is 1.09 bits per heavy atom. The molecule has 0 aromatic rings. The van der Waals surface area contributed by atoms with Gasteiger partial charge in [0.1, 0.15) is 0 Å². The molecule has 3 N–H and O–H groups in total. The molecule has 0 saturated heterocycles. The summed E-state index contributed by atoms with van der Waals surface area (Å²) >= 11 is 0. The zero-order chi connectivity index (χ0) is 17.0. The highest BCUT2D eigenvalue weighted by Gasteiger charge is 2.45. The maximum absolute atomic E-state index is 12.9. The molecule has 0 aromatic carbocycles. The smallest absolute Gasteiger partial charge is 0.333 e. The molecule has 22 heavy (non-hydrogen) atoms. The number of amides is 3. The minimum absolute atomic E-state index is 0.0767. The van der Waals surface area contributed by atoms with Gasteiger partial charge >= 0.3 is 12.2 Å². The molecule has 1 aliphatic carbocycles. The highest BCUT2D eigenvalue weighted by atomic mass is 19.4. The summed E-state index contributed by atoms with van der Waals surface area (Å²) < 4.78 is 38.7. The number of imide groups is 1. The van der Waals surface area contributed by atoms with Crippen LogP contribution >= 0.6 is 0 Å². The van der Waals surface area contributed by atoms with Gasteiger partial charge in [0.2, 0.25) is 5.91 Å². The van der Waals surface area contributed by atoms with Crippen molar-refractivity contribution in [2.75, 3.05) is 6.54 Å². The van der Waals surface area contributed by atoms with Crippen LogP contribution in [0.25, 0.3) is 0 Å². The Kier molecular flexibility index (Phi) is 6.22. The monoisotopic (exact) mass is 323 g/mol. The molecule has 1 rings (SSSR count). The lowest BCUT2D eigenvalue weighted by Gasteiger charge is -2.33. The number of urea groups is 1. The van der Waals surface area contributed by atoms with Crippen LogP contribution in [0.5, 0.6) is 0 Å². The van der Waals surface area contributed by atoms with Gasteiger partial charge in [-0.2, -0.15) is 13.2 Å². The normalized spacial score (nSPS) is 23.0. The van der Waals surface area contributed by atoms with Gasteiger partial charge in [-0.25, -0.2) is 4.79 Å². The van der Waals surface area contributed by atoms with Crippen LogP contribution in [0.3, 0.4) is 0 Å². The van der Waals surface area contributed by atoms with Crippen LogP contribution in [0.15, 0.2) is 0 Å². The Morgan fingerprint density at radius 3 is 2.23 bits per heavy atom. The van der Waals surface area contributed by atoms with Crippen LogP contribution in [-0.4, -0.2) is 36.2 Å². The fraction of sp³-hybridized carbons (Fsp3) is 0.857. The summed E-state index contributed by atoms with van der Waals surface area (Å²) in [5, 5.41) is 7.27. The summed E-state index contributed by atoms with van der Waals surface area (Å²) in [6.07, 6.45) is -2.56. The van der Waals surface area contributed by atoms with Crippen molar-refractivity contribution in [3.63, 3.8) is 0 Å². The van der Waals surface area contributed by atoms with E-state index < -0.39 is 35.6 Å². The van der Waals surface area contributed by atoms with Crippen LogP contribution in [0.1, 0.15) is 46.5 Å². The van der Waals surface area contributed by atoms with Crippen LogP contribution in [0, 0.1) is 5.92 Å². The van der Waals surface area contributed by atoms with Crippen molar-refractivity contribution in [1.29, 1.82) is 0 Å². The number of carbonyl (C=O) groups excluding carboxylic acids is 2. The first-order valence-electron chi connectivity index (χ1n) is 7.41. The topological polar surface area (TPSA) is 70.2 Å². The van der Waals surface area contributed by atoms with E-state index in [2.05, 4.69) is 16.0 Å². The van der Waals surface area contributed by atoms with Gasteiger partial charge in [0, 0.05) is 11.6 Å². The van der Waals surface area contributed by atoms with Crippen molar-refractivity contribution >= 4 is 11.9 Å². The fourth-order valence-electron chi connectivity index (χ4n) is 2.53. The Bertz CT molecular complexity index is 405. The molecule has 1 fully saturated rings. The number of hydrogen-bond donors (Lipinski definition) is 3. The molecule has 2 atom stereocenters. The summed E-state index contributed by atoms with van der Waals surface area (Å²) in [7, 11) is 0. The third-order valence-corrected chi connectivity index (χ3v) is 3.45.